The van der Waals surface area contributed by atoms with E-state index in [-0.39, 0.29) is 5.75 Å². The molecule has 1 N–H and O–H groups in total. The van der Waals surface area contributed by atoms with Crippen molar-refractivity contribution in [2.75, 3.05) is 0 Å². The molecule has 0 radical (unpaired) electrons. The molecule has 0 spiro atoms. The third-order valence-electron chi connectivity index (χ3n) is 2.18. The van der Waals surface area contributed by atoms with E-state index in [2.05, 4.69) is 0 Å². The third-order valence-corrected chi connectivity index (χ3v) is 2.74. The van der Waals surface area contributed by atoms with Gasteiger partial charge in [-0.3, -0.25) is 0 Å². The molecule has 2 aromatic rings. The van der Waals surface area contributed by atoms with Crippen LogP contribution < -0.4 is 0 Å². The van der Waals surface area contributed by atoms with E-state index in [4.69, 9.17) is 23.2 Å². The smallest absolute Gasteiger partial charge is 0.126 e. The van der Waals surface area contributed by atoms with Gasteiger partial charge in [0, 0.05) is 27.2 Å². The van der Waals surface area contributed by atoms with Gasteiger partial charge in [-0.1, -0.05) is 23.2 Å². The van der Waals surface area contributed by atoms with Gasteiger partial charge < -0.3 is 5.11 Å². The summed E-state index contributed by atoms with van der Waals surface area (Å²) >= 11 is 11.8. The third kappa shape index (κ3) is 2.13. The van der Waals surface area contributed by atoms with Gasteiger partial charge in [0.2, 0.25) is 0 Å². The lowest BCUT2D eigenvalue weighted by Crippen LogP contribution is -1.83. The van der Waals surface area contributed by atoms with Crippen molar-refractivity contribution in [1.29, 1.82) is 0 Å². The number of hydrogen-bond donors (Lipinski definition) is 1. The van der Waals surface area contributed by atoms with Gasteiger partial charge in [-0.05, 0) is 30.3 Å². The summed E-state index contributed by atoms with van der Waals surface area (Å²) in [6, 6.07) is 8.65. The van der Waals surface area contributed by atoms with Crippen molar-refractivity contribution >= 4 is 23.2 Å². The number of aromatic hydroxyl groups is 1. The summed E-state index contributed by atoms with van der Waals surface area (Å²) in [5.41, 5.74) is 1.03. The molecule has 0 saturated heterocycles. The second-order valence-corrected chi connectivity index (χ2v) is 4.13. The highest BCUT2D eigenvalue weighted by molar-refractivity contribution is 6.35. The average molecular weight is 257 g/mol. The van der Waals surface area contributed by atoms with Crippen LogP contribution >= 0.6 is 23.2 Å². The zero-order valence-corrected chi connectivity index (χ0v) is 9.56. The first-order valence-electron chi connectivity index (χ1n) is 4.52. The summed E-state index contributed by atoms with van der Waals surface area (Å²) in [5, 5.41) is 10.6. The molecule has 0 bridgehead atoms. The van der Waals surface area contributed by atoms with Gasteiger partial charge >= 0.3 is 0 Å². The van der Waals surface area contributed by atoms with E-state index in [1.165, 1.54) is 12.1 Å². The van der Waals surface area contributed by atoms with Crippen molar-refractivity contribution in [3.05, 3.63) is 52.3 Å². The maximum atomic E-state index is 12.8. The van der Waals surface area contributed by atoms with E-state index in [1.54, 1.807) is 18.2 Å². The molecule has 0 heterocycles. The van der Waals surface area contributed by atoms with Crippen LogP contribution in [-0.4, -0.2) is 5.11 Å². The molecular weight excluding hydrogens is 250 g/mol. The molecule has 2 aromatic carbocycles. The van der Waals surface area contributed by atoms with Crippen LogP contribution in [0.2, 0.25) is 10.0 Å². The van der Waals surface area contributed by atoms with E-state index in [0.29, 0.717) is 21.2 Å². The van der Waals surface area contributed by atoms with E-state index in [1.807, 2.05) is 0 Å². The Morgan fingerprint density at radius 3 is 2.38 bits per heavy atom. The van der Waals surface area contributed by atoms with Crippen LogP contribution in [0.3, 0.4) is 0 Å². The van der Waals surface area contributed by atoms with Gasteiger partial charge in [-0.2, -0.15) is 0 Å². The second kappa shape index (κ2) is 4.32. The standard InChI is InChI=1S/C12H7Cl2FO/c13-7-1-4-11(14)10(5-7)9-3-2-8(15)6-12(9)16/h1-6,16H. The first-order chi connectivity index (χ1) is 7.58. The van der Waals surface area contributed by atoms with Crippen molar-refractivity contribution in [2.45, 2.75) is 0 Å². The molecule has 0 fully saturated rings. The van der Waals surface area contributed by atoms with Gasteiger partial charge in [0.05, 0.1) is 0 Å². The van der Waals surface area contributed by atoms with Crippen molar-refractivity contribution in [3.63, 3.8) is 0 Å². The van der Waals surface area contributed by atoms with E-state index < -0.39 is 5.82 Å². The summed E-state index contributed by atoms with van der Waals surface area (Å²) in [6.45, 7) is 0. The number of phenols is 1. The molecule has 2 rings (SSSR count). The summed E-state index contributed by atoms with van der Waals surface area (Å²) in [5.74, 6) is -0.663. The largest absolute Gasteiger partial charge is 0.507 e. The lowest BCUT2D eigenvalue weighted by molar-refractivity contribution is 0.471. The van der Waals surface area contributed by atoms with Gasteiger partial charge in [-0.25, -0.2) is 4.39 Å². The predicted octanol–water partition coefficient (Wildman–Crippen LogP) is 4.51. The van der Waals surface area contributed by atoms with Gasteiger partial charge in [-0.15, -0.1) is 0 Å². The molecule has 0 aliphatic carbocycles. The maximum Gasteiger partial charge on any atom is 0.126 e. The Balaban J connectivity index is 2.62. The molecule has 0 aliphatic heterocycles. The summed E-state index contributed by atoms with van der Waals surface area (Å²) in [4.78, 5) is 0. The lowest BCUT2D eigenvalue weighted by atomic mass is 10.0. The predicted molar refractivity (Wildman–Crippen MR) is 63.5 cm³/mol. The second-order valence-electron chi connectivity index (χ2n) is 3.29. The molecule has 0 unspecified atom stereocenters. The Morgan fingerprint density at radius 1 is 0.938 bits per heavy atom. The highest BCUT2D eigenvalue weighted by Gasteiger charge is 2.09. The number of benzene rings is 2. The minimum absolute atomic E-state index is 0.163. The molecule has 0 saturated carbocycles. The fraction of sp³-hybridized carbons (Fsp3) is 0. The van der Waals surface area contributed by atoms with Crippen LogP contribution in [0, 0.1) is 5.82 Å². The van der Waals surface area contributed by atoms with Crippen LogP contribution in [0.1, 0.15) is 0 Å². The fourth-order valence-corrected chi connectivity index (χ4v) is 1.83. The SMILES string of the molecule is Oc1cc(F)ccc1-c1cc(Cl)ccc1Cl. The molecule has 0 amide bonds. The van der Waals surface area contributed by atoms with E-state index in [0.717, 1.165) is 6.07 Å². The van der Waals surface area contributed by atoms with Gasteiger partial charge in [0.1, 0.15) is 11.6 Å². The molecule has 1 nitrogen and oxygen atoms in total. The minimum atomic E-state index is -0.501. The van der Waals surface area contributed by atoms with Crippen LogP contribution in [0.15, 0.2) is 36.4 Å². The monoisotopic (exact) mass is 256 g/mol. The Bertz CT molecular complexity index is 541. The van der Waals surface area contributed by atoms with Crippen molar-refractivity contribution < 1.29 is 9.50 Å². The lowest BCUT2D eigenvalue weighted by Gasteiger charge is -2.07. The first-order valence-corrected chi connectivity index (χ1v) is 5.27. The number of rotatable bonds is 1. The first kappa shape index (κ1) is 11.2. The van der Waals surface area contributed by atoms with E-state index >= 15 is 0 Å². The average Bonchev–Trinajstić information content (AvgIpc) is 2.22. The Hall–Kier alpha value is -1.25. The number of hydrogen-bond acceptors (Lipinski definition) is 1. The van der Waals surface area contributed by atoms with Crippen molar-refractivity contribution in [1.82, 2.24) is 0 Å². The minimum Gasteiger partial charge on any atom is -0.507 e. The zero-order chi connectivity index (χ0) is 11.7. The Kier molecular flexibility index (Phi) is 3.03. The van der Waals surface area contributed by atoms with Crippen molar-refractivity contribution in [2.24, 2.45) is 0 Å². The summed E-state index contributed by atoms with van der Waals surface area (Å²) in [6.07, 6.45) is 0. The van der Waals surface area contributed by atoms with Crippen LogP contribution in [0.5, 0.6) is 5.75 Å². The number of phenolic OH excluding ortho intramolecular Hbond substituents is 1. The molecule has 4 heteroatoms. The topological polar surface area (TPSA) is 20.2 Å². The summed E-state index contributed by atoms with van der Waals surface area (Å²) < 4.78 is 12.8. The van der Waals surface area contributed by atoms with Crippen LogP contribution in [0.4, 0.5) is 4.39 Å². The molecular formula is C12H7Cl2FO. The fourth-order valence-electron chi connectivity index (χ4n) is 1.44. The number of halogens is 3. The summed E-state index contributed by atoms with van der Waals surface area (Å²) in [7, 11) is 0. The highest BCUT2D eigenvalue weighted by atomic mass is 35.5. The zero-order valence-electron chi connectivity index (χ0n) is 8.05. The van der Waals surface area contributed by atoms with Crippen molar-refractivity contribution in [3.8, 4) is 16.9 Å². The normalized spacial score (nSPS) is 10.4. The quantitative estimate of drug-likeness (QED) is 0.797. The molecule has 0 atom stereocenters. The van der Waals surface area contributed by atoms with Crippen LogP contribution in [0.25, 0.3) is 11.1 Å². The Labute approximate surface area is 102 Å². The highest BCUT2D eigenvalue weighted by Crippen LogP contribution is 2.36. The molecule has 0 aliphatic rings. The van der Waals surface area contributed by atoms with Gasteiger partial charge in [0.25, 0.3) is 0 Å². The molecule has 82 valence electrons. The van der Waals surface area contributed by atoms with Gasteiger partial charge in [0.15, 0.2) is 0 Å². The van der Waals surface area contributed by atoms with E-state index in [9.17, 15) is 9.50 Å². The maximum absolute atomic E-state index is 12.8. The Morgan fingerprint density at radius 2 is 1.69 bits per heavy atom. The van der Waals surface area contributed by atoms with Crippen LogP contribution in [-0.2, 0) is 0 Å². The molecule has 16 heavy (non-hydrogen) atoms. The molecule has 0 aromatic heterocycles.